The van der Waals surface area contributed by atoms with Crippen LogP contribution in [0.4, 0.5) is 24.5 Å². The van der Waals surface area contributed by atoms with Crippen LogP contribution in [0.1, 0.15) is 16.7 Å². The molecular weight excluding hydrogens is 557 g/mol. The smallest absolute Gasteiger partial charge is 0.260 e. The predicted molar refractivity (Wildman–Crippen MR) is 153 cm³/mol. The van der Waals surface area contributed by atoms with Crippen LogP contribution in [0.15, 0.2) is 66.7 Å². The van der Waals surface area contributed by atoms with E-state index >= 15 is 0 Å². The lowest BCUT2D eigenvalue weighted by molar-refractivity contribution is -0.229. The Hall–Kier alpha value is -3.53. The summed E-state index contributed by atoms with van der Waals surface area (Å²) in [5.41, 5.74) is 4.09. The van der Waals surface area contributed by atoms with Crippen molar-refractivity contribution in [3.05, 3.63) is 88.6 Å². The Balaban J connectivity index is 1.64. The minimum atomic E-state index is -1.60. The molecule has 0 N–H and O–H groups in total. The molecule has 5 rings (SSSR count). The van der Waals surface area contributed by atoms with Crippen LogP contribution in [0.5, 0.6) is 11.5 Å². The second kappa shape index (κ2) is 13.0. The number of aryl methyl sites for hydroxylation is 1. The highest BCUT2D eigenvalue weighted by molar-refractivity contribution is 6.31. The van der Waals surface area contributed by atoms with Crippen LogP contribution < -0.4 is 14.4 Å². The van der Waals surface area contributed by atoms with Crippen molar-refractivity contribution < 1.29 is 32.1 Å². The summed E-state index contributed by atoms with van der Waals surface area (Å²) >= 11 is 6.72. The Morgan fingerprint density at radius 1 is 0.878 bits per heavy atom. The predicted octanol–water partition coefficient (Wildman–Crippen LogP) is 7.44. The number of alkyl halides is 3. The molecule has 0 radical (unpaired) electrons. The Morgan fingerprint density at radius 2 is 1.61 bits per heavy atom. The Morgan fingerprint density at radius 3 is 2.29 bits per heavy atom. The SMILES string of the molecule is Cc1cc(OCc2ccccc2)ccc1N1c2c(c(Cl)nc3c(OCCF)cccc23)CC1(OCCF)OCCF. The molecule has 0 amide bonds. The monoisotopic (exact) mass is 586 g/mol. The van der Waals surface area contributed by atoms with Crippen LogP contribution in [-0.4, -0.2) is 50.7 Å². The van der Waals surface area contributed by atoms with E-state index in [4.69, 9.17) is 30.5 Å². The first-order valence-electron chi connectivity index (χ1n) is 13.3. The number of aromatic nitrogens is 1. The van der Waals surface area contributed by atoms with Crippen molar-refractivity contribution in [2.75, 3.05) is 44.7 Å². The average Bonchev–Trinajstić information content (AvgIpc) is 3.33. The molecule has 41 heavy (non-hydrogen) atoms. The summed E-state index contributed by atoms with van der Waals surface area (Å²) in [4.78, 5) is 6.33. The van der Waals surface area contributed by atoms with Crippen LogP contribution in [0.25, 0.3) is 10.9 Å². The fourth-order valence-corrected chi connectivity index (χ4v) is 5.33. The van der Waals surface area contributed by atoms with Gasteiger partial charge in [0.1, 0.15) is 55.4 Å². The van der Waals surface area contributed by atoms with Gasteiger partial charge in [0.15, 0.2) is 0 Å². The first-order chi connectivity index (χ1) is 20.0. The Bertz CT molecular complexity index is 1480. The number of rotatable bonds is 13. The molecule has 0 fully saturated rings. The first-order valence-corrected chi connectivity index (χ1v) is 13.7. The van der Waals surface area contributed by atoms with Gasteiger partial charge in [-0.1, -0.05) is 54.1 Å². The Labute approximate surface area is 241 Å². The number of anilines is 2. The molecule has 0 aliphatic carbocycles. The van der Waals surface area contributed by atoms with Gasteiger partial charge in [0.25, 0.3) is 5.91 Å². The molecule has 0 saturated heterocycles. The van der Waals surface area contributed by atoms with Crippen molar-refractivity contribution in [3.63, 3.8) is 0 Å². The molecular formula is C31H30ClF3N2O4. The number of benzene rings is 3. The van der Waals surface area contributed by atoms with E-state index in [1.54, 1.807) is 17.0 Å². The second-order valence-corrected chi connectivity index (χ2v) is 9.80. The summed E-state index contributed by atoms with van der Waals surface area (Å²) in [7, 11) is 0. The van der Waals surface area contributed by atoms with Crippen LogP contribution in [-0.2, 0) is 22.5 Å². The number of hydrogen-bond donors (Lipinski definition) is 0. The van der Waals surface area contributed by atoms with Crippen molar-refractivity contribution in [2.24, 2.45) is 0 Å². The zero-order chi connectivity index (χ0) is 28.8. The number of fused-ring (bicyclic) bond motifs is 3. The van der Waals surface area contributed by atoms with Crippen molar-refractivity contribution in [3.8, 4) is 11.5 Å². The lowest BCUT2D eigenvalue weighted by atomic mass is 10.1. The summed E-state index contributed by atoms with van der Waals surface area (Å²) in [6, 6.07) is 20.6. The third-order valence-corrected chi connectivity index (χ3v) is 7.08. The molecule has 6 nitrogen and oxygen atoms in total. The zero-order valence-corrected chi connectivity index (χ0v) is 23.3. The van der Waals surface area contributed by atoms with Crippen molar-refractivity contribution in [2.45, 2.75) is 25.9 Å². The quantitative estimate of drug-likeness (QED) is 0.120. The van der Waals surface area contributed by atoms with Gasteiger partial charge in [0.05, 0.1) is 25.3 Å². The van der Waals surface area contributed by atoms with E-state index in [0.29, 0.717) is 45.9 Å². The molecule has 0 bridgehead atoms. The van der Waals surface area contributed by atoms with Gasteiger partial charge < -0.3 is 18.9 Å². The molecule has 3 aromatic carbocycles. The highest BCUT2D eigenvalue weighted by Crippen LogP contribution is 2.52. The van der Waals surface area contributed by atoms with E-state index in [9.17, 15) is 13.2 Å². The Kier molecular flexibility index (Phi) is 9.17. The van der Waals surface area contributed by atoms with Crippen molar-refractivity contribution in [1.29, 1.82) is 0 Å². The molecule has 10 heteroatoms. The van der Waals surface area contributed by atoms with Gasteiger partial charge in [0.2, 0.25) is 0 Å². The molecule has 1 aromatic heterocycles. The molecule has 0 atom stereocenters. The molecule has 216 valence electrons. The van der Waals surface area contributed by atoms with Gasteiger partial charge in [0, 0.05) is 16.6 Å². The van der Waals surface area contributed by atoms with Gasteiger partial charge in [-0.3, -0.25) is 4.90 Å². The van der Waals surface area contributed by atoms with Crippen LogP contribution in [0.2, 0.25) is 5.15 Å². The summed E-state index contributed by atoms with van der Waals surface area (Å²) < 4.78 is 63.6. The fraction of sp³-hybridized carbons (Fsp3) is 0.323. The minimum Gasteiger partial charge on any atom is -0.489 e. The van der Waals surface area contributed by atoms with E-state index in [0.717, 1.165) is 11.1 Å². The molecule has 0 saturated carbocycles. The van der Waals surface area contributed by atoms with Crippen molar-refractivity contribution >= 4 is 33.9 Å². The summed E-state index contributed by atoms with van der Waals surface area (Å²) in [6.45, 7) is -0.651. The number of para-hydroxylation sites is 1. The average molecular weight is 587 g/mol. The second-order valence-electron chi connectivity index (χ2n) is 9.44. The lowest BCUT2D eigenvalue weighted by Gasteiger charge is -2.40. The maximum Gasteiger partial charge on any atom is 0.260 e. The van der Waals surface area contributed by atoms with Crippen LogP contribution in [0, 0.1) is 6.92 Å². The standard InChI is InChI=1S/C31H30ClF3N2O4/c1-21-18-23(39-20-22-6-3-2-4-7-22)10-11-26(21)37-29-24-8-5-9-27(38-15-12-33)28(24)36-30(32)25(29)19-31(37,40-16-13-34)41-17-14-35/h2-11,18H,12-17,19-20H2,1H3. The topological polar surface area (TPSA) is 53.1 Å². The first kappa shape index (κ1) is 29.0. The number of hydrogen-bond acceptors (Lipinski definition) is 6. The minimum absolute atomic E-state index is 0.0609. The van der Waals surface area contributed by atoms with E-state index < -0.39 is 25.9 Å². The number of nitrogens with zero attached hydrogens (tertiary/aromatic N) is 2. The van der Waals surface area contributed by atoms with E-state index in [2.05, 4.69) is 4.98 Å². The van der Waals surface area contributed by atoms with E-state index in [1.165, 1.54) is 0 Å². The maximum absolute atomic E-state index is 13.5. The highest BCUT2D eigenvalue weighted by atomic mass is 35.5. The lowest BCUT2D eigenvalue weighted by Crippen LogP contribution is -2.50. The molecule has 0 unspecified atom stereocenters. The van der Waals surface area contributed by atoms with Crippen LogP contribution >= 0.6 is 11.6 Å². The largest absolute Gasteiger partial charge is 0.489 e. The van der Waals surface area contributed by atoms with Crippen LogP contribution in [0.3, 0.4) is 0 Å². The molecule has 2 heterocycles. The summed E-state index contributed by atoms with van der Waals surface area (Å²) in [5.74, 6) is -0.598. The molecule has 4 aromatic rings. The van der Waals surface area contributed by atoms with Gasteiger partial charge >= 0.3 is 0 Å². The fourth-order valence-electron chi connectivity index (χ4n) is 5.09. The molecule has 1 aliphatic rings. The van der Waals surface area contributed by atoms with Crippen molar-refractivity contribution in [1.82, 2.24) is 4.98 Å². The molecule has 0 spiro atoms. The maximum atomic E-state index is 13.5. The van der Waals surface area contributed by atoms with E-state index in [1.807, 2.05) is 61.5 Å². The third-order valence-electron chi connectivity index (χ3n) is 6.77. The van der Waals surface area contributed by atoms with Gasteiger partial charge in [-0.15, -0.1) is 0 Å². The highest BCUT2D eigenvalue weighted by Gasteiger charge is 2.50. The van der Waals surface area contributed by atoms with E-state index in [-0.39, 0.29) is 31.4 Å². The zero-order valence-electron chi connectivity index (χ0n) is 22.5. The number of pyridine rings is 1. The van der Waals surface area contributed by atoms with Gasteiger partial charge in [-0.2, -0.15) is 0 Å². The number of ether oxygens (including phenoxy) is 4. The third kappa shape index (κ3) is 5.93. The summed E-state index contributed by atoms with van der Waals surface area (Å²) in [6.07, 6.45) is 0.0609. The van der Waals surface area contributed by atoms with Gasteiger partial charge in [-0.25, -0.2) is 18.2 Å². The summed E-state index contributed by atoms with van der Waals surface area (Å²) in [5, 5.41) is 0.794. The molecule has 1 aliphatic heterocycles. The normalized spacial score (nSPS) is 13.9. The van der Waals surface area contributed by atoms with Gasteiger partial charge in [-0.05, 0) is 42.3 Å². The number of halogens is 4.